The van der Waals surface area contributed by atoms with Crippen LogP contribution in [-0.4, -0.2) is 57.1 Å². The molecule has 9 heteroatoms. The molecule has 0 spiro atoms. The molecular formula is C27H39N3O5S. The van der Waals surface area contributed by atoms with Gasteiger partial charge in [-0.3, -0.25) is 13.9 Å². The first-order chi connectivity index (χ1) is 17.0. The standard InChI is InChI=1S/C27H39N3O5S/c1-7-21(3)28-27(32)22(4)29(19-23-12-16-25(35-5)17-13-23)26(31)9-8-18-30(36(6,33)34)24-14-10-20(2)11-15-24/h10-17,21-22H,7-9,18-19H2,1-6H3,(H,28,32)/t21-,22-/m0/s1. The maximum absolute atomic E-state index is 13.3. The molecule has 0 aliphatic rings. The number of rotatable bonds is 13. The van der Waals surface area contributed by atoms with Gasteiger partial charge in [0.1, 0.15) is 11.8 Å². The first-order valence-electron chi connectivity index (χ1n) is 12.2. The number of carbonyl (C=O) groups is 2. The van der Waals surface area contributed by atoms with Crippen LogP contribution in [0, 0.1) is 6.92 Å². The first-order valence-corrected chi connectivity index (χ1v) is 14.1. The third kappa shape index (κ3) is 8.55. The van der Waals surface area contributed by atoms with Crippen LogP contribution in [-0.2, 0) is 26.2 Å². The molecule has 0 bridgehead atoms. The van der Waals surface area contributed by atoms with E-state index in [0.717, 1.165) is 23.8 Å². The monoisotopic (exact) mass is 517 g/mol. The molecule has 8 nitrogen and oxygen atoms in total. The maximum Gasteiger partial charge on any atom is 0.242 e. The van der Waals surface area contributed by atoms with Gasteiger partial charge in [0.25, 0.3) is 0 Å². The van der Waals surface area contributed by atoms with Crippen molar-refractivity contribution in [1.82, 2.24) is 10.2 Å². The number of anilines is 1. The second-order valence-corrected chi connectivity index (χ2v) is 11.0. The number of hydrogen-bond acceptors (Lipinski definition) is 5. The fraction of sp³-hybridized carbons (Fsp3) is 0.481. The highest BCUT2D eigenvalue weighted by Crippen LogP contribution is 2.20. The number of methoxy groups -OCH3 is 1. The molecule has 0 radical (unpaired) electrons. The topological polar surface area (TPSA) is 96.0 Å². The lowest BCUT2D eigenvalue weighted by atomic mass is 10.1. The van der Waals surface area contributed by atoms with Gasteiger partial charge in [-0.15, -0.1) is 0 Å². The molecule has 2 atom stereocenters. The summed E-state index contributed by atoms with van der Waals surface area (Å²) in [5.41, 5.74) is 2.46. The van der Waals surface area contributed by atoms with Crippen molar-refractivity contribution in [2.75, 3.05) is 24.2 Å². The van der Waals surface area contributed by atoms with E-state index < -0.39 is 16.1 Å². The Hall–Kier alpha value is -3.07. The number of benzene rings is 2. The van der Waals surface area contributed by atoms with Crippen molar-refractivity contribution in [2.45, 2.75) is 65.6 Å². The highest BCUT2D eigenvalue weighted by molar-refractivity contribution is 7.92. The molecule has 2 aromatic rings. The van der Waals surface area contributed by atoms with Crippen LogP contribution in [0.5, 0.6) is 5.75 Å². The van der Waals surface area contributed by atoms with E-state index in [4.69, 9.17) is 4.74 Å². The highest BCUT2D eigenvalue weighted by atomic mass is 32.2. The lowest BCUT2D eigenvalue weighted by molar-refractivity contribution is -0.140. The van der Waals surface area contributed by atoms with E-state index >= 15 is 0 Å². The van der Waals surface area contributed by atoms with Crippen molar-refractivity contribution in [3.63, 3.8) is 0 Å². The second-order valence-electron chi connectivity index (χ2n) is 9.14. The van der Waals surface area contributed by atoms with Crippen molar-refractivity contribution >= 4 is 27.5 Å². The summed E-state index contributed by atoms with van der Waals surface area (Å²) in [4.78, 5) is 27.8. The van der Waals surface area contributed by atoms with Crippen LogP contribution in [0.1, 0.15) is 51.2 Å². The number of amides is 2. The van der Waals surface area contributed by atoms with E-state index in [1.165, 1.54) is 4.31 Å². The Morgan fingerprint density at radius 2 is 1.64 bits per heavy atom. The van der Waals surface area contributed by atoms with E-state index in [0.29, 0.717) is 17.9 Å². The predicted octanol–water partition coefficient (Wildman–Crippen LogP) is 3.88. The van der Waals surface area contributed by atoms with Crippen LogP contribution < -0.4 is 14.4 Å². The Balaban J connectivity index is 2.17. The maximum atomic E-state index is 13.3. The van der Waals surface area contributed by atoms with Crippen molar-refractivity contribution in [3.8, 4) is 5.75 Å². The van der Waals surface area contributed by atoms with Crippen LogP contribution >= 0.6 is 0 Å². The molecule has 36 heavy (non-hydrogen) atoms. The lowest BCUT2D eigenvalue weighted by Crippen LogP contribution is -2.49. The van der Waals surface area contributed by atoms with Gasteiger partial charge in [0.2, 0.25) is 21.8 Å². The molecule has 2 rings (SSSR count). The van der Waals surface area contributed by atoms with Crippen LogP contribution in [0.15, 0.2) is 48.5 Å². The number of hydrogen-bond donors (Lipinski definition) is 1. The third-order valence-electron chi connectivity index (χ3n) is 6.15. The summed E-state index contributed by atoms with van der Waals surface area (Å²) in [6, 6.07) is 13.9. The minimum absolute atomic E-state index is 0.00397. The molecule has 0 saturated carbocycles. The zero-order chi connectivity index (χ0) is 26.9. The number of carbonyl (C=O) groups excluding carboxylic acids is 2. The van der Waals surface area contributed by atoms with Crippen molar-refractivity contribution in [1.29, 1.82) is 0 Å². The van der Waals surface area contributed by atoms with Gasteiger partial charge in [-0.2, -0.15) is 0 Å². The molecule has 0 aromatic heterocycles. The summed E-state index contributed by atoms with van der Waals surface area (Å²) in [5, 5.41) is 2.95. The average Bonchev–Trinajstić information content (AvgIpc) is 2.84. The zero-order valence-electron chi connectivity index (χ0n) is 22.2. The smallest absolute Gasteiger partial charge is 0.242 e. The van der Waals surface area contributed by atoms with Crippen molar-refractivity contribution in [2.24, 2.45) is 0 Å². The minimum Gasteiger partial charge on any atom is -0.497 e. The fourth-order valence-corrected chi connectivity index (χ4v) is 4.66. The Kier molecular flexibility index (Phi) is 10.8. The van der Waals surface area contributed by atoms with Gasteiger partial charge in [-0.25, -0.2) is 8.42 Å². The highest BCUT2D eigenvalue weighted by Gasteiger charge is 2.27. The quantitative estimate of drug-likeness (QED) is 0.435. The summed E-state index contributed by atoms with van der Waals surface area (Å²) in [6.45, 7) is 7.98. The summed E-state index contributed by atoms with van der Waals surface area (Å²) in [6.07, 6.45) is 2.37. The summed E-state index contributed by atoms with van der Waals surface area (Å²) in [5.74, 6) is 0.273. The van der Waals surface area contributed by atoms with Gasteiger partial charge in [-0.1, -0.05) is 36.8 Å². The number of ether oxygens (including phenoxy) is 1. The van der Waals surface area contributed by atoms with Gasteiger partial charge in [-0.05, 0) is 63.4 Å². The molecule has 0 unspecified atom stereocenters. The number of nitrogens with one attached hydrogen (secondary N) is 1. The Morgan fingerprint density at radius 1 is 1.03 bits per heavy atom. The predicted molar refractivity (Wildman–Crippen MR) is 144 cm³/mol. The zero-order valence-corrected chi connectivity index (χ0v) is 23.0. The van der Waals surface area contributed by atoms with E-state index in [9.17, 15) is 18.0 Å². The SMILES string of the molecule is CC[C@H](C)NC(=O)[C@H](C)N(Cc1ccc(OC)cc1)C(=O)CCCN(c1ccc(C)cc1)S(C)(=O)=O. The third-order valence-corrected chi connectivity index (χ3v) is 7.35. The van der Waals surface area contributed by atoms with Crippen LogP contribution in [0.4, 0.5) is 5.69 Å². The van der Waals surface area contributed by atoms with Crippen LogP contribution in [0.25, 0.3) is 0 Å². The number of nitrogens with zero attached hydrogens (tertiary/aromatic N) is 2. The molecule has 1 N–H and O–H groups in total. The van der Waals surface area contributed by atoms with Crippen molar-refractivity contribution in [3.05, 3.63) is 59.7 Å². The number of aryl methyl sites for hydroxylation is 1. The van der Waals surface area contributed by atoms with Gasteiger partial charge in [0, 0.05) is 25.6 Å². The van der Waals surface area contributed by atoms with E-state index in [-0.39, 0.29) is 37.4 Å². The molecule has 198 valence electrons. The normalized spacial score (nSPS) is 12.9. The Labute approximate surface area is 215 Å². The average molecular weight is 518 g/mol. The summed E-state index contributed by atoms with van der Waals surface area (Å²) < 4.78 is 31.4. The molecule has 0 fully saturated rings. The Bertz CT molecular complexity index is 1100. The second kappa shape index (κ2) is 13.3. The number of sulfonamides is 1. The van der Waals surface area contributed by atoms with Crippen LogP contribution in [0.3, 0.4) is 0 Å². The minimum atomic E-state index is -3.52. The Morgan fingerprint density at radius 3 is 2.17 bits per heavy atom. The summed E-state index contributed by atoms with van der Waals surface area (Å²) >= 11 is 0. The van der Waals surface area contributed by atoms with Gasteiger partial charge >= 0.3 is 0 Å². The fourth-order valence-electron chi connectivity index (χ4n) is 3.69. The summed E-state index contributed by atoms with van der Waals surface area (Å²) in [7, 11) is -1.93. The lowest BCUT2D eigenvalue weighted by Gasteiger charge is -2.30. The van der Waals surface area contributed by atoms with Gasteiger partial charge in [0.15, 0.2) is 0 Å². The van der Waals surface area contributed by atoms with E-state index in [1.807, 2.05) is 57.2 Å². The van der Waals surface area contributed by atoms with Gasteiger partial charge < -0.3 is 15.0 Å². The van der Waals surface area contributed by atoms with Crippen LogP contribution in [0.2, 0.25) is 0 Å². The first kappa shape index (κ1) is 29.2. The molecule has 2 aromatic carbocycles. The molecule has 0 saturated heterocycles. The van der Waals surface area contributed by atoms with Gasteiger partial charge in [0.05, 0.1) is 19.1 Å². The van der Waals surface area contributed by atoms with E-state index in [2.05, 4.69) is 5.32 Å². The molecule has 0 aliphatic heterocycles. The molecular weight excluding hydrogens is 478 g/mol. The molecule has 0 aliphatic carbocycles. The molecule has 0 heterocycles. The van der Waals surface area contributed by atoms with E-state index in [1.54, 1.807) is 31.1 Å². The molecule has 2 amide bonds. The van der Waals surface area contributed by atoms with Crippen molar-refractivity contribution < 1.29 is 22.7 Å². The largest absolute Gasteiger partial charge is 0.497 e.